The summed E-state index contributed by atoms with van der Waals surface area (Å²) in [6.07, 6.45) is 0. The van der Waals surface area contributed by atoms with Crippen LogP contribution in [0.4, 0.5) is 10.3 Å². The average molecular weight is 457 g/mol. The number of thiazole rings is 2. The number of quaternary nitrogens is 1. The van der Waals surface area contributed by atoms with Gasteiger partial charge in [-0.1, -0.05) is 22.7 Å². The van der Waals surface area contributed by atoms with Crippen molar-refractivity contribution in [1.29, 1.82) is 0 Å². The lowest BCUT2D eigenvalue weighted by atomic mass is 10.3. The molecule has 4 aromatic rings. The van der Waals surface area contributed by atoms with Gasteiger partial charge in [-0.25, -0.2) is 9.97 Å². The number of methoxy groups -OCH3 is 2. The molecule has 0 atom stereocenters. The molecule has 1 aliphatic rings. The number of nitrogens with one attached hydrogen (secondary N) is 1. The van der Waals surface area contributed by atoms with Gasteiger partial charge in [0, 0.05) is 0 Å². The molecule has 0 aliphatic carbocycles. The fraction of sp³-hybridized carbons (Fsp3) is 0.364. The summed E-state index contributed by atoms with van der Waals surface area (Å²) in [4.78, 5) is 16.0. The van der Waals surface area contributed by atoms with Crippen molar-refractivity contribution in [1.82, 2.24) is 9.97 Å². The standard InChI is InChI=1S/C22H25N5O2S2/c1-14(2)25-11-26(21-23-17-7-5-15(28-3)9-19(17)30-21)13-27(12-25)22-24-18-8-6-16(29-4)10-20(18)31-22/h5-10,14H,11-13H2,1-4H3/p+1. The van der Waals surface area contributed by atoms with Crippen LogP contribution in [0, 0.1) is 0 Å². The second-order valence-corrected chi connectivity index (χ2v) is 10.0. The van der Waals surface area contributed by atoms with Gasteiger partial charge in [0.05, 0.1) is 40.7 Å². The minimum atomic E-state index is 0.495. The molecular formula is C22H26N5O2S2+. The summed E-state index contributed by atoms with van der Waals surface area (Å²) in [6.45, 7) is 7.14. The van der Waals surface area contributed by atoms with E-state index in [0.29, 0.717) is 6.04 Å². The number of hydrogen-bond donors (Lipinski definition) is 1. The fourth-order valence-electron chi connectivity index (χ4n) is 3.78. The molecule has 1 aliphatic heterocycles. The first-order valence-corrected chi connectivity index (χ1v) is 11.9. The first-order valence-electron chi connectivity index (χ1n) is 10.3. The third-order valence-corrected chi connectivity index (χ3v) is 7.81. The Morgan fingerprint density at radius 1 is 0.839 bits per heavy atom. The number of ether oxygens (including phenoxy) is 2. The largest absolute Gasteiger partial charge is 0.497 e. The highest BCUT2D eigenvalue weighted by molar-refractivity contribution is 7.22. The summed E-state index contributed by atoms with van der Waals surface area (Å²) in [5.74, 6) is 1.73. The number of aromatic nitrogens is 2. The van der Waals surface area contributed by atoms with Crippen molar-refractivity contribution >= 4 is 53.4 Å². The van der Waals surface area contributed by atoms with Crippen molar-refractivity contribution in [3.8, 4) is 11.5 Å². The molecule has 0 radical (unpaired) electrons. The quantitative estimate of drug-likeness (QED) is 0.497. The summed E-state index contributed by atoms with van der Waals surface area (Å²) < 4.78 is 13.1. The topological polar surface area (TPSA) is 55.2 Å². The highest BCUT2D eigenvalue weighted by Gasteiger charge is 2.31. The van der Waals surface area contributed by atoms with Crippen LogP contribution >= 0.6 is 22.7 Å². The summed E-state index contributed by atoms with van der Waals surface area (Å²) in [6, 6.07) is 12.6. The predicted octanol–water partition coefficient (Wildman–Crippen LogP) is 3.42. The summed E-state index contributed by atoms with van der Waals surface area (Å²) in [7, 11) is 3.40. The number of rotatable bonds is 5. The fourth-order valence-corrected chi connectivity index (χ4v) is 5.75. The maximum absolute atomic E-state index is 5.38. The van der Waals surface area contributed by atoms with Gasteiger partial charge in [0.25, 0.3) is 0 Å². The minimum Gasteiger partial charge on any atom is -0.497 e. The van der Waals surface area contributed by atoms with Crippen molar-refractivity contribution in [3.63, 3.8) is 0 Å². The van der Waals surface area contributed by atoms with Crippen LogP contribution in [0.5, 0.6) is 11.5 Å². The third kappa shape index (κ3) is 3.88. The second-order valence-electron chi connectivity index (χ2n) is 8.01. The average Bonchev–Trinajstić information content (AvgIpc) is 3.41. The second kappa shape index (κ2) is 8.14. The van der Waals surface area contributed by atoms with Gasteiger partial charge in [-0.05, 0) is 50.2 Å². The normalized spacial score (nSPS) is 15.4. The summed E-state index contributed by atoms with van der Waals surface area (Å²) in [5.41, 5.74) is 2.02. The first-order chi connectivity index (χ1) is 15.0. The van der Waals surface area contributed by atoms with E-state index in [1.165, 1.54) is 4.90 Å². The zero-order valence-corrected chi connectivity index (χ0v) is 19.7. The highest BCUT2D eigenvalue weighted by Crippen LogP contribution is 2.34. The Morgan fingerprint density at radius 3 is 1.74 bits per heavy atom. The number of nitrogens with zero attached hydrogens (tertiary/aromatic N) is 4. The maximum atomic E-state index is 5.38. The lowest BCUT2D eigenvalue weighted by Crippen LogP contribution is -3.19. The van der Waals surface area contributed by atoms with Gasteiger partial charge in [0.15, 0.2) is 23.6 Å². The van der Waals surface area contributed by atoms with Crippen LogP contribution < -0.4 is 24.2 Å². The van der Waals surface area contributed by atoms with E-state index in [9.17, 15) is 0 Å². The molecular weight excluding hydrogens is 430 g/mol. The van der Waals surface area contributed by atoms with Gasteiger partial charge in [-0.3, -0.25) is 14.7 Å². The van der Waals surface area contributed by atoms with E-state index in [4.69, 9.17) is 19.4 Å². The van der Waals surface area contributed by atoms with Crippen LogP contribution in [0.2, 0.25) is 0 Å². The van der Waals surface area contributed by atoms with Gasteiger partial charge in [0.1, 0.15) is 18.2 Å². The molecule has 3 heterocycles. The predicted molar refractivity (Wildman–Crippen MR) is 128 cm³/mol. The maximum Gasteiger partial charge on any atom is 0.192 e. The van der Waals surface area contributed by atoms with Crippen molar-refractivity contribution in [2.75, 3.05) is 44.0 Å². The van der Waals surface area contributed by atoms with E-state index in [0.717, 1.165) is 62.2 Å². The Labute approximate surface area is 189 Å². The smallest absolute Gasteiger partial charge is 0.192 e. The molecule has 1 N–H and O–H groups in total. The van der Waals surface area contributed by atoms with Crippen LogP contribution in [-0.4, -0.2) is 50.2 Å². The van der Waals surface area contributed by atoms with Crippen LogP contribution in [-0.2, 0) is 0 Å². The summed E-state index contributed by atoms with van der Waals surface area (Å²) in [5, 5.41) is 2.07. The minimum absolute atomic E-state index is 0.495. The van der Waals surface area contributed by atoms with E-state index in [-0.39, 0.29) is 0 Å². The Balaban J connectivity index is 1.48. The molecule has 5 rings (SSSR count). The Kier molecular flexibility index (Phi) is 5.33. The van der Waals surface area contributed by atoms with Crippen molar-refractivity contribution in [2.24, 2.45) is 0 Å². The lowest BCUT2D eigenvalue weighted by molar-refractivity contribution is -0.923. The Hall–Kier alpha value is -2.62. The number of fused-ring (bicyclic) bond motifs is 2. The van der Waals surface area contributed by atoms with E-state index in [1.54, 1.807) is 36.9 Å². The van der Waals surface area contributed by atoms with E-state index in [2.05, 4.69) is 35.8 Å². The molecule has 9 heteroatoms. The van der Waals surface area contributed by atoms with Gasteiger partial charge in [-0.2, -0.15) is 0 Å². The molecule has 0 amide bonds. The summed E-state index contributed by atoms with van der Waals surface area (Å²) >= 11 is 3.43. The number of benzene rings is 2. The zero-order chi connectivity index (χ0) is 21.5. The van der Waals surface area contributed by atoms with Crippen molar-refractivity contribution in [2.45, 2.75) is 19.9 Å². The molecule has 0 saturated carbocycles. The van der Waals surface area contributed by atoms with Crippen LogP contribution in [0.1, 0.15) is 13.8 Å². The number of hydrogen-bond acceptors (Lipinski definition) is 8. The third-order valence-electron chi connectivity index (χ3n) is 5.66. The molecule has 162 valence electrons. The van der Waals surface area contributed by atoms with E-state index >= 15 is 0 Å². The molecule has 1 fully saturated rings. The molecule has 1 saturated heterocycles. The highest BCUT2D eigenvalue weighted by atomic mass is 32.1. The Bertz CT molecular complexity index is 1130. The molecule has 0 spiro atoms. The zero-order valence-electron chi connectivity index (χ0n) is 18.1. The number of anilines is 2. The SMILES string of the molecule is COc1ccc2nc(N3CN(c4nc5ccc(OC)cc5s4)C[NH+](C(C)C)C3)sc2c1. The molecule has 0 unspecified atom stereocenters. The van der Waals surface area contributed by atoms with Crippen LogP contribution in [0.15, 0.2) is 36.4 Å². The molecule has 31 heavy (non-hydrogen) atoms. The van der Waals surface area contributed by atoms with Crippen LogP contribution in [0.25, 0.3) is 20.4 Å². The van der Waals surface area contributed by atoms with Crippen LogP contribution in [0.3, 0.4) is 0 Å². The van der Waals surface area contributed by atoms with Crippen molar-refractivity contribution in [3.05, 3.63) is 36.4 Å². The molecule has 7 nitrogen and oxygen atoms in total. The Morgan fingerprint density at radius 2 is 1.32 bits per heavy atom. The molecule has 2 aromatic carbocycles. The molecule has 0 bridgehead atoms. The van der Waals surface area contributed by atoms with Gasteiger partial charge < -0.3 is 9.47 Å². The van der Waals surface area contributed by atoms with Gasteiger partial charge >= 0.3 is 0 Å². The monoisotopic (exact) mass is 456 g/mol. The van der Waals surface area contributed by atoms with E-state index in [1.807, 2.05) is 24.3 Å². The van der Waals surface area contributed by atoms with Gasteiger partial charge in [-0.15, -0.1) is 0 Å². The van der Waals surface area contributed by atoms with Gasteiger partial charge in [0.2, 0.25) is 0 Å². The van der Waals surface area contributed by atoms with Crippen molar-refractivity contribution < 1.29 is 14.4 Å². The molecule has 2 aromatic heterocycles. The lowest BCUT2D eigenvalue weighted by Gasteiger charge is -2.40. The van der Waals surface area contributed by atoms with E-state index < -0.39 is 0 Å². The first kappa shape index (κ1) is 20.3.